The molecule has 0 radical (unpaired) electrons. The molecule has 28 heavy (non-hydrogen) atoms. The quantitative estimate of drug-likeness (QED) is 0.517. The second-order valence-electron chi connectivity index (χ2n) is 6.52. The topological polar surface area (TPSA) is 52.8 Å². The van der Waals surface area contributed by atoms with Crippen LogP contribution in [-0.2, 0) is 7.05 Å². The maximum Gasteiger partial charge on any atom is 0.283 e. The highest BCUT2D eigenvalue weighted by atomic mass is 32.1. The van der Waals surface area contributed by atoms with Gasteiger partial charge in [-0.25, -0.2) is 0 Å². The van der Waals surface area contributed by atoms with Gasteiger partial charge in [0.15, 0.2) is 4.80 Å². The number of carbonyl (C=O) groups excluding carboxylic acids is 1. The molecule has 4 rings (SSSR count). The van der Waals surface area contributed by atoms with Gasteiger partial charge in [-0.3, -0.25) is 4.79 Å². The molecule has 0 spiro atoms. The van der Waals surface area contributed by atoms with Crippen molar-refractivity contribution in [2.45, 2.75) is 6.92 Å². The van der Waals surface area contributed by atoms with Crippen molar-refractivity contribution in [3.63, 3.8) is 0 Å². The van der Waals surface area contributed by atoms with Gasteiger partial charge in [-0.1, -0.05) is 41.7 Å². The summed E-state index contributed by atoms with van der Waals surface area (Å²) in [5, 5.41) is 1.99. The van der Waals surface area contributed by atoms with Crippen molar-refractivity contribution in [3.8, 4) is 11.5 Å². The van der Waals surface area contributed by atoms with Crippen molar-refractivity contribution in [1.82, 2.24) is 4.57 Å². The Kier molecular flexibility index (Phi) is 4.65. The van der Waals surface area contributed by atoms with Crippen LogP contribution in [0, 0.1) is 6.92 Å². The molecule has 1 amide bonds. The summed E-state index contributed by atoms with van der Waals surface area (Å²) < 4.78 is 13.9. The molecule has 0 saturated heterocycles. The molecule has 6 heteroatoms. The second kappa shape index (κ2) is 7.13. The lowest BCUT2D eigenvalue weighted by Gasteiger charge is -2.07. The Morgan fingerprint density at radius 2 is 1.68 bits per heavy atom. The number of aromatic nitrogens is 1. The van der Waals surface area contributed by atoms with Crippen molar-refractivity contribution in [2.75, 3.05) is 14.2 Å². The highest BCUT2D eigenvalue weighted by molar-refractivity contribution is 7.16. The molecule has 1 heterocycles. The molecule has 0 aliphatic heterocycles. The van der Waals surface area contributed by atoms with E-state index in [0.29, 0.717) is 16.1 Å². The zero-order chi connectivity index (χ0) is 19.8. The fourth-order valence-electron chi connectivity index (χ4n) is 3.32. The third-order valence-electron chi connectivity index (χ3n) is 4.82. The van der Waals surface area contributed by atoms with Gasteiger partial charge in [0.1, 0.15) is 17.0 Å². The number of hydrogen-bond donors (Lipinski definition) is 0. The maximum atomic E-state index is 13.0. The first-order valence-corrected chi connectivity index (χ1v) is 9.64. The number of ether oxygens (including phenoxy) is 2. The number of amides is 1. The van der Waals surface area contributed by atoms with Crippen LogP contribution >= 0.6 is 11.3 Å². The van der Waals surface area contributed by atoms with Gasteiger partial charge in [0.25, 0.3) is 5.91 Å². The summed E-state index contributed by atoms with van der Waals surface area (Å²) in [6, 6.07) is 15.5. The molecule has 0 bridgehead atoms. The van der Waals surface area contributed by atoms with Crippen LogP contribution < -0.4 is 14.3 Å². The van der Waals surface area contributed by atoms with Gasteiger partial charge in [0.2, 0.25) is 0 Å². The van der Waals surface area contributed by atoms with Crippen molar-refractivity contribution >= 4 is 38.2 Å². The number of fused-ring (bicyclic) bond motifs is 2. The number of hydrogen-bond acceptors (Lipinski definition) is 4. The molecule has 142 valence electrons. The molecule has 0 aliphatic carbocycles. The number of rotatable bonds is 3. The van der Waals surface area contributed by atoms with E-state index in [1.165, 1.54) is 11.3 Å². The van der Waals surface area contributed by atoms with Crippen LogP contribution in [0.2, 0.25) is 0 Å². The van der Waals surface area contributed by atoms with Gasteiger partial charge in [0, 0.05) is 7.05 Å². The molecule has 0 saturated carbocycles. The lowest BCUT2D eigenvalue weighted by atomic mass is 10.1. The Bertz CT molecular complexity index is 1280. The van der Waals surface area contributed by atoms with E-state index in [-0.39, 0.29) is 5.91 Å². The van der Waals surface area contributed by atoms with Crippen LogP contribution in [0.15, 0.2) is 53.5 Å². The van der Waals surface area contributed by atoms with E-state index in [9.17, 15) is 4.79 Å². The first kappa shape index (κ1) is 18.3. The first-order valence-electron chi connectivity index (χ1n) is 8.82. The minimum absolute atomic E-state index is 0.332. The first-order chi connectivity index (χ1) is 13.5. The lowest BCUT2D eigenvalue weighted by Crippen LogP contribution is -2.14. The number of benzene rings is 3. The average Bonchev–Trinajstić information content (AvgIpc) is 3.04. The summed E-state index contributed by atoms with van der Waals surface area (Å²) in [5.41, 5.74) is 2.50. The van der Waals surface area contributed by atoms with Gasteiger partial charge in [-0.05, 0) is 41.5 Å². The van der Waals surface area contributed by atoms with Crippen molar-refractivity contribution < 1.29 is 14.3 Å². The molecule has 0 atom stereocenters. The number of carbonyl (C=O) groups is 1. The molecule has 0 N–H and O–H groups in total. The maximum absolute atomic E-state index is 13.0. The SMILES string of the molecule is COc1cc2ccccc2cc1C(=O)N=c1sc2c(C)ccc(OC)c2n1C. The normalized spacial score (nSPS) is 11.9. The van der Waals surface area contributed by atoms with Gasteiger partial charge in [0.05, 0.1) is 24.5 Å². The Morgan fingerprint density at radius 1 is 1.00 bits per heavy atom. The predicted octanol–water partition coefficient (Wildman–Crippen LogP) is 4.46. The Balaban J connectivity index is 1.90. The van der Waals surface area contributed by atoms with Crippen LogP contribution in [-0.4, -0.2) is 24.7 Å². The molecular weight excluding hydrogens is 372 g/mol. The highest BCUT2D eigenvalue weighted by Crippen LogP contribution is 2.30. The van der Waals surface area contributed by atoms with Crippen LogP contribution in [0.25, 0.3) is 21.0 Å². The number of thiazole rings is 1. The smallest absolute Gasteiger partial charge is 0.283 e. The predicted molar refractivity (Wildman–Crippen MR) is 112 cm³/mol. The van der Waals surface area contributed by atoms with E-state index in [1.54, 1.807) is 14.2 Å². The van der Waals surface area contributed by atoms with Crippen LogP contribution in [0.3, 0.4) is 0 Å². The molecule has 4 aromatic rings. The zero-order valence-corrected chi connectivity index (χ0v) is 17.0. The molecule has 5 nitrogen and oxygen atoms in total. The van der Waals surface area contributed by atoms with E-state index < -0.39 is 0 Å². The van der Waals surface area contributed by atoms with E-state index in [1.807, 2.05) is 67.1 Å². The summed E-state index contributed by atoms with van der Waals surface area (Å²) in [4.78, 5) is 18.0. The number of aryl methyl sites for hydroxylation is 2. The highest BCUT2D eigenvalue weighted by Gasteiger charge is 2.16. The second-order valence-corrected chi connectivity index (χ2v) is 7.50. The van der Waals surface area contributed by atoms with Crippen LogP contribution in [0.1, 0.15) is 15.9 Å². The minimum Gasteiger partial charge on any atom is -0.496 e. The molecular formula is C22H20N2O3S. The largest absolute Gasteiger partial charge is 0.496 e. The van der Waals surface area contributed by atoms with Crippen molar-refractivity contribution in [2.24, 2.45) is 12.0 Å². The summed E-state index contributed by atoms with van der Waals surface area (Å²) >= 11 is 1.47. The lowest BCUT2D eigenvalue weighted by molar-refractivity contribution is 0.0995. The fourth-order valence-corrected chi connectivity index (χ4v) is 4.42. The Labute approximate surface area is 166 Å². The van der Waals surface area contributed by atoms with E-state index in [0.717, 1.165) is 32.3 Å². The molecule has 3 aromatic carbocycles. The third-order valence-corrected chi connectivity index (χ3v) is 6.09. The van der Waals surface area contributed by atoms with E-state index in [4.69, 9.17) is 9.47 Å². The number of methoxy groups -OCH3 is 2. The van der Waals surface area contributed by atoms with Crippen molar-refractivity contribution in [3.05, 3.63) is 64.5 Å². The van der Waals surface area contributed by atoms with Gasteiger partial charge < -0.3 is 14.0 Å². The Hall–Kier alpha value is -3.12. The zero-order valence-electron chi connectivity index (χ0n) is 16.1. The van der Waals surface area contributed by atoms with Gasteiger partial charge >= 0.3 is 0 Å². The molecule has 0 aliphatic rings. The van der Waals surface area contributed by atoms with E-state index >= 15 is 0 Å². The summed E-state index contributed by atoms with van der Waals surface area (Å²) in [5.74, 6) is 0.947. The summed E-state index contributed by atoms with van der Waals surface area (Å²) in [7, 11) is 5.10. The third kappa shape index (κ3) is 2.96. The fraction of sp³-hybridized carbons (Fsp3) is 0.182. The summed E-state index contributed by atoms with van der Waals surface area (Å²) in [6.45, 7) is 2.04. The monoisotopic (exact) mass is 392 g/mol. The van der Waals surface area contributed by atoms with Crippen LogP contribution in [0.4, 0.5) is 0 Å². The molecule has 0 unspecified atom stereocenters. The van der Waals surface area contributed by atoms with Gasteiger partial charge in [-0.15, -0.1) is 0 Å². The minimum atomic E-state index is -0.332. The standard InChI is InChI=1S/C22H20N2O3S/c1-13-9-10-17(26-3)19-20(13)28-22(24(19)2)23-21(25)16-11-14-7-5-6-8-15(14)12-18(16)27-4/h5-12H,1-4H3. The summed E-state index contributed by atoms with van der Waals surface area (Å²) in [6.07, 6.45) is 0. The van der Waals surface area contributed by atoms with E-state index in [2.05, 4.69) is 4.99 Å². The van der Waals surface area contributed by atoms with Crippen molar-refractivity contribution in [1.29, 1.82) is 0 Å². The number of nitrogens with zero attached hydrogens (tertiary/aromatic N) is 2. The van der Waals surface area contributed by atoms with Gasteiger partial charge in [-0.2, -0.15) is 4.99 Å². The molecule has 1 aromatic heterocycles. The Morgan fingerprint density at radius 3 is 2.36 bits per heavy atom. The van der Waals surface area contributed by atoms with Crippen LogP contribution in [0.5, 0.6) is 11.5 Å². The average molecular weight is 392 g/mol. The molecule has 0 fully saturated rings.